The molecule has 3 N–H and O–H groups in total. The molecule has 0 saturated carbocycles. The normalized spacial score (nSPS) is 10.1. The molecule has 0 spiro atoms. The van der Waals surface area contributed by atoms with E-state index in [1.54, 1.807) is 0 Å². The predicted molar refractivity (Wildman–Crippen MR) is 59.0 cm³/mol. The molecule has 0 fully saturated rings. The van der Waals surface area contributed by atoms with Gasteiger partial charge in [0.2, 0.25) is 5.91 Å². The van der Waals surface area contributed by atoms with Gasteiger partial charge >= 0.3 is 0 Å². The maximum Gasteiger partial charge on any atom is 0.273 e. The molecule has 1 aromatic rings. The van der Waals surface area contributed by atoms with Gasteiger partial charge in [-0.05, 0) is 12.1 Å². The number of nitrogens with two attached hydrogens (primary N) is 1. The number of amides is 1. The summed E-state index contributed by atoms with van der Waals surface area (Å²) in [6.07, 6.45) is 0. The smallest absolute Gasteiger partial charge is 0.273 e. The molecule has 0 heterocycles. The van der Waals surface area contributed by atoms with Crippen molar-refractivity contribution in [3.63, 3.8) is 0 Å². The van der Waals surface area contributed by atoms with Crippen LogP contribution in [0.3, 0.4) is 0 Å². The number of nitro benzene ring substituents is 1. The zero-order valence-electron chi connectivity index (χ0n) is 8.27. The van der Waals surface area contributed by atoms with Crippen LogP contribution in [0.1, 0.15) is 5.56 Å². The Morgan fingerprint density at radius 2 is 2.25 bits per heavy atom. The monoisotopic (exact) mass is 243 g/mol. The Morgan fingerprint density at radius 1 is 1.56 bits per heavy atom. The number of halogens is 1. The summed E-state index contributed by atoms with van der Waals surface area (Å²) in [7, 11) is 0. The van der Waals surface area contributed by atoms with Crippen molar-refractivity contribution in [2.45, 2.75) is 6.54 Å². The van der Waals surface area contributed by atoms with Gasteiger partial charge in [0.15, 0.2) is 0 Å². The lowest BCUT2D eigenvalue weighted by molar-refractivity contribution is -0.385. The van der Waals surface area contributed by atoms with Crippen molar-refractivity contribution < 1.29 is 9.72 Å². The minimum atomic E-state index is -0.523. The molecule has 0 bridgehead atoms. The van der Waals surface area contributed by atoms with Gasteiger partial charge in [-0.2, -0.15) is 0 Å². The largest absolute Gasteiger partial charge is 0.369 e. The van der Waals surface area contributed by atoms with Crippen LogP contribution in [-0.2, 0) is 11.3 Å². The van der Waals surface area contributed by atoms with E-state index in [2.05, 4.69) is 5.32 Å². The molecule has 0 saturated heterocycles. The molecule has 0 radical (unpaired) electrons. The summed E-state index contributed by atoms with van der Waals surface area (Å²) in [4.78, 5) is 20.6. The first-order chi connectivity index (χ1) is 7.50. The fourth-order valence-corrected chi connectivity index (χ4v) is 1.39. The van der Waals surface area contributed by atoms with Crippen molar-refractivity contribution in [3.05, 3.63) is 38.9 Å². The third kappa shape index (κ3) is 3.48. The summed E-state index contributed by atoms with van der Waals surface area (Å²) in [5.41, 5.74) is 5.30. The summed E-state index contributed by atoms with van der Waals surface area (Å²) in [6.45, 7) is 0.128. The highest BCUT2D eigenvalue weighted by Gasteiger charge is 2.13. The lowest BCUT2D eigenvalue weighted by Crippen LogP contribution is -2.28. The quantitative estimate of drug-likeness (QED) is 0.591. The standard InChI is InChI=1S/C9H10ClN3O3/c10-7-1-2-8(13(15)16)6(3-7)4-12-5-9(11)14/h1-3,12H,4-5H2,(H2,11,14). The number of carbonyl (C=O) groups excluding carboxylic acids is 1. The Hall–Kier alpha value is -1.66. The first-order valence-corrected chi connectivity index (χ1v) is 4.80. The highest BCUT2D eigenvalue weighted by atomic mass is 35.5. The van der Waals surface area contributed by atoms with Crippen LogP contribution in [0.15, 0.2) is 18.2 Å². The van der Waals surface area contributed by atoms with E-state index in [-0.39, 0.29) is 18.8 Å². The molecule has 0 aliphatic heterocycles. The van der Waals surface area contributed by atoms with Gasteiger partial charge < -0.3 is 11.1 Å². The van der Waals surface area contributed by atoms with Crippen molar-refractivity contribution in [1.29, 1.82) is 0 Å². The molecule has 0 aliphatic rings. The van der Waals surface area contributed by atoms with Crippen molar-refractivity contribution in [3.8, 4) is 0 Å². The predicted octanol–water partition coefficient (Wildman–Crippen LogP) is 0.823. The number of carbonyl (C=O) groups is 1. The number of rotatable bonds is 5. The highest BCUT2D eigenvalue weighted by Crippen LogP contribution is 2.22. The zero-order chi connectivity index (χ0) is 12.1. The summed E-state index contributed by atoms with van der Waals surface area (Å²) in [5, 5.41) is 13.8. The van der Waals surface area contributed by atoms with Crippen LogP contribution in [-0.4, -0.2) is 17.4 Å². The van der Waals surface area contributed by atoms with Gasteiger partial charge in [0.1, 0.15) is 0 Å². The zero-order valence-corrected chi connectivity index (χ0v) is 9.03. The van der Waals surface area contributed by atoms with E-state index in [1.807, 2.05) is 0 Å². The molecule has 1 aromatic carbocycles. The second-order valence-corrected chi connectivity index (χ2v) is 3.54. The minimum absolute atomic E-state index is 0.0380. The molecule has 7 heteroatoms. The third-order valence-electron chi connectivity index (χ3n) is 1.85. The highest BCUT2D eigenvalue weighted by molar-refractivity contribution is 6.30. The van der Waals surface area contributed by atoms with E-state index in [9.17, 15) is 14.9 Å². The van der Waals surface area contributed by atoms with E-state index in [0.717, 1.165) is 0 Å². The summed E-state index contributed by atoms with van der Waals surface area (Å²) in [6, 6.07) is 4.24. The Labute approximate surface area is 96.5 Å². The molecular weight excluding hydrogens is 234 g/mol. The van der Waals surface area contributed by atoms with Crippen molar-refractivity contribution in [2.75, 3.05) is 6.54 Å². The molecule has 86 valence electrons. The van der Waals surface area contributed by atoms with E-state index in [4.69, 9.17) is 17.3 Å². The van der Waals surface area contributed by atoms with Crippen molar-refractivity contribution in [1.82, 2.24) is 5.32 Å². The molecule has 16 heavy (non-hydrogen) atoms. The Morgan fingerprint density at radius 3 is 2.81 bits per heavy atom. The second kappa shape index (κ2) is 5.43. The molecular formula is C9H10ClN3O3. The topological polar surface area (TPSA) is 98.3 Å². The van der Waals surface area contributed by atoms with Crippen LogP contribution >= 0.6 is 11.6 Å². The second-order valence-electron chi connectivity index (χ2n) is 3.10. The fourth-order valence-electron chi connectivity index (χ4n) is 1.19. The summed E-state index contributed by atoms with van der Waals surface area (Å²) < 4.78 is 0. The summed E-state index contributed by atoms with van der Waals surface area (Å²) in [5.74, 6) is -0.523. The number of hydrogen-bond donors (Lipinski definition) is 2. The lowest BCUT2D eigenvalue weighted by atomic mass is 10.2. The van der Waals surface area contributed by atoms with Gasteiger partial charge in [0.25, 0.3) is 5.69 Å². The number of primary amides is 1. The van der Waals surface area contributed by atoms with Crippen molar-refractivity contribution in [2.24, 2.45) is 5.73 Å². The van der Waals surface area contributed by atoms with Gasteiger partial charge in [-0.3, -0.25) is 14.9 Å². The lowest BCUT2D eigenvalue weighted by Gasteiger charge is -2.04. The average Bonchev–Trinajstić information content (AvgIpc) is 2.16. The van der Waals surface area contributed by atoms with Crippen LogP contribution < -0.4 is 11.1 Å². The van der Waals surface area contributed by atoms with E-state index in [0.29, 0.717) is 10.6 Å². The Bertz CT molecular complexity index is 422. The van der Waals surface area contributed by atoms with Crippen LogP contribution in [0.25, 0.3) is 0 Å². The van der Waals surface area contributed by atoms with Gasteiger partial charge in [-0.15, -0.1) is 0 Å². The Kier molecular flexibility index (Phi) is 4.21. The molecule has 6 nitrogen and oxygen atoms in total. The number of nitrogens with one attached hydrogen (secondary N) is 1. The average molecular weight is 244 g/mol. The molecule has 0 aliphatic carbocycles. The molecule has 1 rings (SSSR count). The third-order valence-corrected chi connectivity index (χ3v) is 2.09. The van der Waals surface area contributed by atoms with Gasteiger partial charge in [0, 0.05) is 23.2 Å². The van der Waals surface area contributed by atoms with E-state index >= 15 is 0 Å². The first kappa shape index (κ1) is 12.4. The van der Waals surface area contributed by atoms with Gasteiger partial charge in [-0.1, -0.05) is 11.6 Å². The van der Waals surface area contributed by atoms with Crippen LogP contribution in [0.4, 0.5) is 5.69 Å². The molecule has 0 atom stereocenters. The van der Waals surface area contributed by atoms with E-state index in [1.165, 1.54) is 18.2 Å². The summed E-state index contributed by atoms with van der Waals surface area (Å²) >= 11 is 5.72. The minimum Gasteiger partial charge on any atom is -0.369 e. The number of nitro groups is 1. The molecule has 0 unspecified atom stereocenters. The molecule has 1 amide bonds. The van der Waals surface area contributed by atoms with Crippen LogP contribution in [0, 0.1) is 10.1 Å². The number of hydrogen-bond acceptors (Lipinski definition) is 4. The number of benzene rings is 1. The number of nitrogens with zero attached hydrogens (tertiary/aromatic N) is 1. The Balaban J connectivity index is 2.80. The SMILES string of the molecule is NC(=O)CNCc1cc(Cl)ccc1[N+](=O)[O-]. The van der Waals surface area contributed by atoms with E-state index < -0.39 is 10.8 Å². The van der Waals surface area contributed by atoms with Crippen LogP contribution in [0.2, 0.25) is 5.02 Å². The molecule has 0 aromatic heterocycles. The van der Waals surface area contributed by atoms with Gasteiger partial charge in [-0.25, -0.2) is 0 Å². The fraction of sp³-hybridized carbons (Fsp3) is 0.222. The van der Waals surface area contributed by atoms with Gasteiger partial charge in [0.05, 0.1) is 11.5 Å². The first-order valence-electron chi connectivity index (χ1n) is 4.42. The maximum absolute atomic E-state index is 10.7. The van der Waals surface area contributed by atoms with Crippen molar-refractivity contribution >= 4 is 23.2 Å². The van der Waals surface area contributed by atoms with Crippen LogP contribution in [0.5, 0.6) is 0 Å². The maximum atomic E-state index is 10.7.